The number of carbonyl (C=O) groups excluding carboxylic acids is 1. The molecule has 7 nitrogen and oxygen atoms in total. The van der Waals surface area contributed by atoms with Gasteiger partial charge in [-0.25, -0.2) is 0 Å². The normalized spacial score (nSPS) is 14.6. The largest absolute Gasteiger partial charge is 0.308 e. The zero-order chi connectivity index (χ0) is 18.1. The van der Waals surface area contributed by atoms with E-state index in [4.69, 9.17) is 0 Å². The maximum absolute atomic E-state index is 12.7. The molecule has 0 spiro atoms. The average molecular weight is 348 g/mol. The number of nitrogens with zero attached hydrogens (tertiary/aromatic N) is 2. The van der Waals surface area contributed by atoms with Gasteiger partial charge in [-0.1, -0.05) is 42.5 Å². The zero-order valence-corrected chi connectivity index (χ0v) is 13.8. The zero-order valence-electron chi connectivity index (χ0n) is 13.8. The standard InChI is InChI=1S/C19H16N4O3/c24-18(19(9-10-19)14-6-2-1-3-7-14)20-17-12-16(21-22-17)13-5-4-8-15(11-13)23(25)26/h1-8,11-12H,9-10H2,(H2,20,21,22,24). The maximum Gasteiger partial charge on any atom is 0.270 e. The van der Waals surface area contributed by atoms with Crippen molar-refractivity contribution in [2.75, 3.05) is 5.32 Å². The van der Waals surface area contributed by atoms with E-state index < -0.39 is 10.3 Å². The van der Waals surface area contributed by atoms with Crippen LogP contribution in [0.1, 0.15) is 18.4 Å². The number of carbonyl (C=O) groups is 1. The minimum atomic E-state index is -0.480. The van der Waals surface area contributed by atoms with Gasteiger partial charge in [0.2, 0.25) is 5.91 Å². The SMILES string of the molecule is O=C(Nc1cc(-c2cccc([N+](=O)[O-])c2)[nH]n1)C1(c2ccccc2)CC1. The Kier molecular flexibility index (Phi) is 3.76. The van der Waals surface area contributed by atoms with E-state index in [9.17, 15) is 14.9 Å². The second-order valence-corrected chi connectivity index (χ2v) is 6.38. The molecule has 1 fully saturated rings. The highest BCUT2D eigenvalue weighted by Crippen LogP contribution is 2.48. The highest BCUT2D eigenvalue weighted by atomic mass is 16.6. The first-order chi connectivity index (χ1) is 12.6. The minimum Gasteiger partial charge on any atom is -0.308 e. The Morgan fingerprint density at radius 3 is 2.58 bits per heavy atom. The molecule has 1 heterocycles. The molecule has 1 aromatic heterocycles. The van der Waals surface area contributed by atoms with E-state index in [0.717, 1.165) is 18.4 Å². The fourth-order valence-electron chi connectivity index (χ4n) is 3.09. The molecule has 1 amide bonds. The third kappa shape index (κ3) is 2.83. The highest BCUT2D eigenvalue weighted by molar-refractivity contribution is 6.01. The van der Waals surface area contributed by atoms with Gasteiger partial charge in [0.25, 0.3) is 5.69 Å². The first kappa shape index (κ1) is 16.0. The van der Waals surface area contributed by atoms with Gasteiger partial charge in [0.15, 0.2) is 5.82 Å². The predicted molar refractivity (Wildman–Crippen MR) is 96.7 cm³/mol. The molecule has 0 unspecified atom stereocenters. The van der Waals surface area contributed by atoms with Crippen LogP contribution in [0.4, 0.5) is 11.5 Å². The summed E-state index contributed by atoms with van der Waals surface area (Å²) in [5, 5.41) is 20.7. The molecule has 7 heteroatoms. The Morgan fingerprint density at radius 2 is 1.88 bits per heavy atom. The lowest BCUT2D eigenvalue weighted by Crippen LogP contribution is -2.27. The molecule has 0 atom stereocenters. The van der Waals surface area contributed by atoms with Gasteiger partial charge >= 0.3 is 0 Å². The monoisotopic (exact) mass is 348 g/mol. The molecule has 26 heavy (non-hydrogen) atoms. The van der Waals surface area contributed by atoms with Crippen LogP contribution < -0.4 is 5.32 Å². The Morgan fingerprint density at radius 1 is 1.12 bits per heavy atom. The van der Waals surface area contributed by atoms with Crippen molar-refractivity contribution in [3.05, 3.63) is 76.3 Å². The third-order valence-corrected chi connectivity index (χ3v) is 4.70. The summed E-state index contributed by atoms with van der Waals surface area (Å²) >= 11 is 0. The molecule has 0 saturated heterocycles. The number of benzene rings is 2. The summed E-state index contributed by atoms with van der Waals surface area (Å²) in [5.74, 6) is 0.319. The molecule has 0 aliphatic heterocycles. The van der Waals surface area contributed by atoms with Gasteiger partial charge in [-0.05, 0) is 18.4 Å². The van der Waals surface area contributed by atoms with Crippen molar-refractivity contribution < 1.29 is 9.72 Å². The molecular formula is C19H16N4O3. The van der Waals surface area contributed by atoms with Gasteiger partial charge < -0.3 is 5.32 Å². The van der Waals surface area contributed by atoms with E-state index in [1.807, 2.05) is 30.3 Å². The van der Waals surface area contributed by atoms with Gasteiger partial charge in [-0.3, -0.25) is 20.0 Å². The van der Waals surface area contributed by atoms with Crippen LogP contribution >= 0.6 is 0 Å². The van der Waals surface area contributed by atoms with E-state index in [2.05, 4.69) is 15.5 Å². The van der Waals surface area contributed by atoms with E-state index in [-0.39, 0.29) is 11.6 Å². The summed E-state index contributed by atoms with van der Waals surface area (Å²) in [6, 6.07) is 17.6. The average Bonchev–Trinajstić information content (AvgIpc) is 3.36. The van der Waals surface area contributed by atoms with Crippen LogP contribution in [-0.2, 0) is 10.2 Å². The van der Waals surface area contributed by atoms with Crippen LogP contribution in [0.2, 0.25) is 0 Å². The van der Waals surface area contributed by atoms with Crippen LogP contribution in [0, 0.1) is 10.1 Å². The molecule has 0 bridgehead atoms. The van der Waals surface area contributed by atoms with Gasteiger partial charge in [-0.15, -0.1) is 0 Å². The fraction of sp³-hybridized carbons (Fsp3) is 0.158. The van der Waals surface area contributed by atoms with Gasteiger partial charge in [0, 0.05) is 23.8 Å². The maximum atomic E-state index is 12.7. The fourth-order valence-corrected chi connectivity index (χ4v) is 3.09. The van der Waals surface area contributed by atoms with E-state index in [1.54, 1.807) is 18.2 Å². The van der Waals surface area contributed by atoms with Crippen molar-refractivity contribution in [3.8, 4) is 11.3 Å². The van der Waals surface area contributed by atoms with Crippen LogP contribution in [0.25, 0.3) is 11.3 Å². The molecule has 1 aliphatic rings. The van der Waals surface area contributed by atoms with Crippen molar-refractivity contribution in [2.45, 2.75) is 18.3 Å². The Balaban J connectivity index is 1.53. The lowest BCUT2D eigenvalue weighted by molar-refractivity contribution is -0.384. The summed E-state index contributed by atoms with van der Waals surface area (Å²) in [5.41, 5.74) is 1.77. The highest BCUT2D eigenvalue weighted by Gasteiger charge is 2.51. The minimum absolute atomic E-state index is 0.00342. The summed E-state index contributed by atoms with van der Waals surface area (Å²) < 4.78 is 0. The van der Waals surface area contributed by atoms with E-state index in [1.165, 1.54) is 12.1 Å². The van der Waals surface area contributed by atoms with E-state index >= 15 is 0 Å². The van der Waals surface area contributed by atoms with E-state index in [0.29, 0.717) is 17.1 Å². The number of nitro groups is 1. The number of nitro benzene ring substituents is 1. The van der Waals surface area contributed by atoms with Crippen LogP contribution in [0.3, 0.4) is 0 Å². The van der Waals surface area contributed by atoms with Crippen LogP contribution in [0.5, 0.6) is 0 Å². The van der Waals surface area contributed by atoms with Gasteiger partial charge in [-0.2, -0.15) is 5.10 Å². The summed E-state index contributed by atoms with van der Waals surface area (Å²) in [7, 11) is 0. The molecule has 2 aromatic carbocycles. The number of amides is 1. The molecule has 0 radical (unpaired) electrons. The van der Waals surface area contributed by atoms with Crippen molar-refractivity contribution in [3.63, 3.8) is 0 Å². The van der Waals surface area contributed by atoms with Crippen molar-refractivity contribution in [2.24, 2.45) is 0 Å². The number of anilines is 1. The number of hydrogen-bond acceptors (Lipinski definition) is 4. The topological polar surface area (TPSA) is 101 Å². The number of aromatic nitrogens is 2. The van der Waals surface area contributed by atoms with Crippen molar-refractivity contribution in [1.29, 1.82) is 0 Å². The lowest BCUT2D eigenvalue weighted by Gasteiger charge is -2.14. The number of aromatic amines is 1. The first-order valence-corrected chi connectivity index (χ1v) is 8.26. The second-order valence-electron chi connectivity index (χ2n) is 6.38. The smallest absolute Gasteiger partial charge is 0.270 e. The van der Waals surface area contributed by atoms with Crippen LogP contribution in [0.15, 0.2) is 60.7 Å². The molecule has 2 N–H and O–H groups in total. The molecule has 130 valence electrons. The predicted octanol–water partition coefficient (Wildman–Crippen LogP) is 3.66. The molecule has 1 saturated carbocycles. The quantitative estimate of drug-likeness (QED) is 0.543. The summed E-state index contributed by atoms with van der Waals surface area (Å²) in [4.78, 5) is 23.2. The molecular weight excluding hydrogens is 332 g/mol. The number of rotatable bonds is 5. The summed E-state index contributed by atoms with van der Waals surface area (Å²) in [6.07, 6.45) is 1.62. The van der Waals surface area contributed by atoms with Crippen LogP contribution in [-0.4, -0.2) is 21.0 Å². The number of hydrogen-bond donors (Lipinski definition) is 2. The first-order valence-electron chi connectivity index (χ1n) is 8.26. The van der Waals surface area contributed by atoms with Gasteiger partial charge in [0.05, 0.1) is 16.0 Å². The lowest BCUT2D eigenvalue weighted by atomic mass is 9.95. The number of nitrogens with one attached hydrogen (secondary N) is 2. The number of non-ortho nitro benzene ring substituents is 1. The number of H-pyrrole nitrogens is 1. The second kappa shape index (κ2) is 6.11. The Bertz CT molecular complexity index is 977. The molecule has 1 aliphatic carbocycles. The molecule has 4 rings (SSSR count). The third-order valence-electron chi connectivity index (χ3n) is 4.70. The Hall–Kier alpha value is -3.48. The van der Waals surface area contributed by atoms with Crippen molar-refractivity contribution in [1.82, 2.24) is 10.2 Å². The summed E-state index contributed by atoms with van der Waals surface area (Å²) in [6.45, 7) is 0. The van der Waals surface area contributed by atoms with Crippen molar-refractivity contribution >= 4 is 17.4 Å². The Labute approximate surface area is 149 Å². The van der Waals surface area contributed by atoms with Gasteiger partial charge in [0.1, 0.15) is 0 Å². The molecule has 3 aromatic rings.